The molecule has 1 heterocycles. The fourth-order valence-corrected chi connectivity index (χ4v) is 3.21. The first kappa shape index (κ1) is 29.1. The normalized spacial score (nSPS) is 17.1. The lowest BCUT2D eigenvalue weighted by Crippen LogP contribution is -2.54. The summed E-state index contributed by atoms with van der Waals surface area (Å²) in [7, 11) is 0. The average molecular weight is 474 g/mol. The molecule has 0 spiro atoms. The number of alkyl carbamates (subject to hydrolysis) is 1. The van der Waals surface area contributed by atoms with E-state index >= 15 is 0 Å². The van der Waals surface area contributed by atoms with Gasteiger partial charge in [-0.1, -0.05) is 0 Å². The van der Waals surface area contributed by atoms with Crippen LogP contribution in [-0.4, -0.2) is 90.7 Å². The number of aliphatic hydroxyl groups is 1. The van der Waals surface area contributed by atoms with Crippen molar-refractivity contribution in [2.75, 3.05) is 39.5 Å². The standard InChI is InChI=1S/C23H43N3O7/c1-22(2,3)32-20(29)18(9-7-8-14-27)24-19(28)17(25-21(30)33-23(4,5)6)10-11-26-12-15-31-16-13-26/h17-18,27H,7-16H2,1-6H3,(H,24,28)(H,25,30)/t17-,18-/m0/s1. The van der Waals surface area contributed by atoms with E-state index < -0.39 is 41.3 Å². The van der Waals surface area contributed by atoms with Gasteiger partial charge in [-0.2, -0.15) is 0 Å². The van der Waals surface area contributed by atoms with Crippen LogP contribution in [-0.2, 0) is 23.8 Å². The molecule has 2 amide bonds. The molecule has 0 aliphatic carbocycles. The maximum atomic E-state index is 13.1. The van der Waals surface area contributed by atoms with Gasteiger partial charge in [0.2, 0.25) is 5.91 Å². The molecule has 1 fully saturated rings. The predicted octanol–water partition coefficient (Wildman–Crippen LogP) is 1.59. The molecule has 1 rings (SSSR count). The number of nitrogens with zero attached hydrogens (tertiary/aromatic N) is 1. The largest absolute Gasteiger partial charge is 0.458 e. The molecule has 10 nitrogen and oxygen atoms in total. The Bertz CT molecular complexity index is 623. The summed E-state index contributed by atoms with van der Waals surface area (Å²) in [6.45, 7) is 13.8. The highest BCUT2D eigenvalue weighted by atomic mass is 16.6. The third kappa shape index (κ3) is 13.4. The zero-order valence-corrected chi connectivity index (χ0v) is 21.1. The van der Waals surface area contributed by atoms with Gasteiger partial charge in [0.05, 0.1) is 13.2 Å². The Labute approximate surface area is 197 Å². The summed E-state index contributed by atoms with van der Waals surface area (Å²) in [6, 6.07) is -1.76. The van der Waals surface area contributed by atoms with Gasteiger partial charge in [0.15, 0.2) is 0 Å². The molecular weight excluding hydrogens is 430 g/mol. The van der Waals surface area contributed by atoms with Gasteiger partial charge in [-0.05, 0) is 67.2 Å². The van der Waals surface area contributed by atoms with E-state index in [9.17, 15) is 14.4 Å². The number of aliphatic hydroxyl groups excluding tert-OH is 1. The molecule has 0 unspecified atom stereocenters. The van der Waals surface area contributed by atoms with Crippen LogP contribution in [0.25, 0.3) is 0 Å². The first-order chi connectivity index (χ1) is 15.3. The van der Waals surface area contributed by atoms with Crippen molar-refractivity contribution < 1.29 is 33.7 Å². The van der Waals surface area contributed by atoms with E-state index in [4.69, 9.17) is 19.3 Å². The molecule has 10 heteroatoms. The highest BCUT2D eigenvalue weighted by molar-refractivity contribution is 5.89. The molecule has 1 saturated heterocycles. The second kappa shape index (κ2) is 13.7. The summed E-state index contributed by atoms with van der Waals surface area (Å²) < 4.78 is 16.1. The van der Waals surface area contributed by atoms with E-state index in [-0.39, 0.29) is 6.61 Å². The molecule has 33 heavy (non-hydrogen) atoms. The number of esters is 1. The second-order valence-electron chi connectivity index (χ2n) is 10.3. The Morgan fingerprint density at radius 2 is 1.52 bits per heavy atom. The van der Waals surface area contributed by atoms with Crippen molar-refractivity contribution in [3.63, 3.8) is 0 Å². The summed E-state index contributed by atoms with van der Waals surface area (Å²) in [5.41, 5.74) is -1.42. The van der Waals surface area contributed by atoms with Gasteiger partial charge < -0.3 is 30.0 Å². The maximum Gasteiger partial charge on any atom is 0.408 e. The molecule has 0 saturated carbocycles. The molecular formula is C23H43N3O7. The number of ether oxygens (including phenoxy) is 3. The smallest absolute Gasteiger partial charge is 0.408 e. The van der Waals surface area contributed by atoms with Crippen molar-refractivity contribution in [1.82, 2.24) is 15.5 Å². The number of carbonyl (C=O) groups is 3. The zero-order chi connectivity index (χ0) is 25.1. The number of hydrogen-bond donors (Lipinski definition) is 3. The van der Waals surface area contributed by atoms with Gasteiger partial charge in [-0.3, -0.25) is 9.69 Å². The first-order valence-electron chi connectivity index (χ1n) is 11.7. The number of carbonyl (C=O) groups excluding carboxylic acids is 3. The molecule has 0 aromatic carbocycles. The van der Waals surface area contributed by atoms with Crippen LogP contribution < -0.4 is 10.6 Å². The van der Waals surface area contributed by atoms with Gasteiger partial charge in [-0.15, -0.1) is 0 Å². The van der Waals surface area contributed by atoms with Crippen LogP contribution in [0.2, 0.25) is 0 Å². The fraction of sp³-hybridized carbons (Fsp3) is 0.870. The lowest BCUT2D eigenvalue weighted by atomic mass is 10.1. The lowest BCUT2D eigenvalue weighted by Gasteiger charge is -2.30. The van der Waals surface area contributed by atoms with E-state index in [1.54, 1.807) is 41.5 Å². The molecule has 1 aliphatic heterocycles. The number of hydrogen-bond acceptors (Lipinski definition) is 8. The van der Waals surface area contributed by atoms with Gasteiger partial charge >= 0.3 is 12.1 Å². The molecule has 0 radical (unpaired) electrons. The fourth-order valence-electron chi connectivity index (χ4n) is 3.21. The van der Waals surface area contributed by atoms with Crippen LogP contribution in [0.4, 0.5) is 4.79 Å². The molecule has 0 aromatic heterocycles. The minimum atomic E-state index is -0.884. The Balaban J connectivity index is 2.89. The van der Waals surface area contributed by atoms with E-state index in [1.165, 1.54) is 0 Å². The number of amides is 2. The summed E-state index contributed by atoms with van der Waals surface area (Å²) in [4.78, 5) is 40.4. The van der Waals surface area contributed by atoms with Crippen molar-refractivity contribution in [2.45, 2.75) is 90.5 Å². The van der Waals surface area contributed by atoms with Gasteiger partial charge in [-0.25, -0.2) is 9.59 Å². The van der Waals surface area contributed by atoms with Gasteiger partial charge in [0.25, 0.3) is 0 Å². The second-order valence-corrected chi connectivity index (χ2v) is 10.3. The van der Waals surface area contributed by atoms with Crippen molar-refractivity contribution in [2.24, 2.45) is 0 Å². The third-order valence-electron chi connectivity index (χ3n) is 4.75. The van der Waals surface area contributed by atoms with Crippen LogP contribution in [0.3, 0.4) is 0 Å². The van der Waals surface area contributed by atoms with Crippen LogP contribution >= 0.6 is 0 Å². The highest BCUT2D eigenvalue weighted by Gasteiger charge is 2.31. The van der Waals surface area contributed by atoms with Gasteiger partial charge in [0, 0.05) is 26.2 Å². The van der Waals surface area contributed by atoms with E-state index in [1.807, 2.05) is 0 Å². The quantitative estimate of drug-likeness (QED) is 0.305. The topological polar surface area (TPSA) is 126 Å². The van der Waals surface area contributed by atoms with E-state index in [0.717, 1.165) is 13.1 Å². The van der Waals surface area contributed by atoms with Crippen molar-refractivity contribution >= 4 is 18.0 Å². The SMILES string of the molecule is CC(C)(C)OC(=O)N[C@@H](CCN1CCOCC1)C(=O)N[C@@H](CCCCO)C(=O)OC(C)(C)C. The molecule has 0 aromatic rings. The first-order valence-corrected chi connectivity index (χ1v) is 11.7. The van der Waals surface area contributed by atoms with Crippen molar-refractivity contribution in [1.29, 1.82) is 0 Å². The minimum absolute atomic E-state index is 0.00262. The minimum Gasteiger partial charge on any atom is -0.458 e. The summed E-state index contributed by atoms with van der Waals surface area (Å²) in [6.07, 6.45) is 1.02. The Morgan fingerprint density at radius 3 is 2.06 bits per heavy atom. The molecule has 2 atom stereocenters. The van der Waals surface area contributed by atoms with E-state index in [0.29, 0.717) is 45.4 Å². The van der Waals surface area contributed by atoms with Crippen molar-refractivity contribution in [3.05, 3.63) is 0 Å². The van der Waals surface area contributed by atoms with Crippen LogP contribution in [0.1, 0.15) is 67.2 Å². The highest BCUT2D eigenvalue weighted by Crippen LogP contribution is 2.13. The maximum absolute atomic E-state index is 13.1. The van der Waals surface area contributed by atoms with Crippen LogP contribution in [0.5, 0.6) is 0 Å². The predicted molar refractivity (Wildman–Crippen MR) is 124 cm³/mol. The van der Waals surface area contributed by atoms with E-state index in [2.05, 4.69) is 15.5 Å². The molecule has 0 bridgehead atoms. The molecule has 1 aliphatic rings. The summed E-state index contributed by atoms with van der Waals surface area (Å²) in [5, 5.41) is 14.5. The Hall–Kier alpha value is -1.91. The zero-order valence-electron chi connectivity index (χ0n) is 21.1. The number of nitrogens with one attached hydrogen (secondary N) is 2. The number of rotatable bonds is 11. The Morgan fingerprint density at radius 1 is 0.909 bits per heavy atom. The average Bonchev–Trinajstić information content (AvgIpc) is 2.68. The van der Waals surface area contributed by atoms with Crippen LogP contribution in [0, 0.1) is 0 Å². The monoisotopic (exact) mass is 473 g/mol. The summed E-state index contributed by atoms with van der Waals surface area (Å²) >= 11 is 0. The molecule has 192 valence electrons. The number of unbranched alkanes of at least 4 members (excludes halogenated alkanes) is 1. The summed E-state index contributed by atoms with van der Waals surface area (Å²) in [5.74, 6) is -1.02. The third-order valence-corrected chi connectivity index (χ3v) is 4.75. The lowest BCUT2D eigenvalue weighted by molar-refractivity contribution is -0.159. The Kier molecular flexibility index (Phi) is 12.1. The van der Waals surface area contributed by atoms with Gasteiger partial charge in [0.1, 0.15) is 23.3 Å². The molecule has 3 N–H and O–H groups in total. The number of morpholine rings is 1. The van der Waals surface area contributed by atoms with Crippen LogP contribution in [0.15, 0.2) is 0 Å². The van der Waals surface area contributed by atoms with Crippen molar-refractivity contribution in [3.8, 4) is 0 Å².